The summed E-state index contributed by atoms with van der Waals surface area (Å²) in [7, 11) is 0. The van der Waals surface area contributed by atoms with Gasteiger partial charge in [0.15, 0.2) is 0 Å². The Morgan fingerprint density at radius 1 is 1.15 bits per heavy atom. The summed E-state index contributed by atoms with van der Waals surface area (Å²) in [5, 5.41) is 7.47. The van der Waals surface area contributed by atoms with Crippen molar-refractivity contribution >= 4 is 16.9 Å². The van der Waals surface area contributed by atoms with Crippen LogP contribution >= 0.6 is 0 Å². The third-order valence-corrected chi connectivity index (χ3v) is 5.43. The number of hydrogen-bond donors (Lipinski definition) is 2. The van der Waals surface area contributed by atoms with Gasteiger partial charge in [0.2, 0.25) is 5.91 Å². The number of aromatic nitrogens is 4. The Balaban J connectivity index is 1.44. The van der Waals surface area contributed by atoms with Crippen LogP contribution in [0.3, 0.4) is 0 Å². The third-order valence-electron chi connectivity index (χ3n) is 5.43. The summed E-state index contributed by atoms with van der Waals surface area (Å²) in [6, 6.07) is 4.20. The van der Waals surface area contributed by atoms with Crippen molar-refractivity contribution in [2.45, 2.75) is 60.4 Å². The molecule has 0 saturated carbocycles. The number of fused-ring (bicyclic) bond motifs is 1. The van der Waals surface area contributed by atoms with E-state index in [9.17, 15) is 4.79 Å². The van der Waals surface area contributed by atoms with Gasteiger partial charge in [0.1, 0.15) is 5.82 Å². The second-order valence-corrected chi connectivity index (χ2v) is 7.31. The van der Waals surface area contributed by atoms with Gasteiger partial charge in [-0.15, -0.1) is 0 Å². The van der Waals surface area contributed by atoms with Gasteiger partial charge < -0.3 is 10.3 Å². The standard InChI is InChI=1S/C21H29N5O/c1-13-8-9-18-21(14(13)2)24-19(23-18)7-6-11-22-20(27)10-12-26-17(5)15(3)16(4)25-26/h8-9H,6-7,10-12H2,1-5H3,(H,22,27)(H,23,24). The molecule has 0 radical (unpaired) electrons. The van der Waals surface area contributed by atoms with Gasteiger partial charge in [0, 0.05) is 31.6 Å². The van der Waals surface area contributed by atoms with Crippen molar-refractivity contribution in [3.8, 4) is 0 Å². The topological polar surface area (TPSA) is 75.6 Å². The van der Waals surface area contributed by atoms with Crippen LogP contribution in [0.1, 0.15) is 46.7 Å². The van der Waals surface area contributed by atoms with Gasteiger partial charge in [-0.2, -0.15) is 5.10 Å². The minimum atomic E-state index is 0.0660. The van der Waals surface area contributed by atoms with Crippen LogP contribution in [0.4, 0.5) is 0 Å². The second kappa shape index (κ2) is 7.94. The van der Waals surface area contributed by atoms with Crippen LogP contribution < -0.4 is 5.32 Å². The van der Waals surface area contributed by atoms with Gasteiger partial charge in [-0.3, -0.25) is 9.48 Å². The predicted molar refractivity (Wildman–Crippen MR) is 108 cm³/mol. The molecule has 0 atom stereocenters. The minimum absolute atomic E-state index is 0.0660. The first-order valence-corrected chi connectivity index (χ1v) is 9.59. The van der Waals surface area contributed by atoms with E-state index in [0.29, 0.717) is 19.5 Å². The normalized spacial score (nSPS) is 11.3. The highest BCUT2D eigenvalue weighted by Gasteiger charge is 2.10. The van der Waals surface area contributed by atoms with Gasteiger partial charge in [-0.25, -0.2) is 4.98 Å². The minimum Gasteiger partial charge on any atom is -0.356 e. The van der Waals surface area contributed by atoms with E-state index in [-0.39, 0.29) is 5.91 Å². The van der Waals surface area contributed by atoms with Gasteiger partial charge >= 0.3 is 0 Å². The fourth-order valence-electron chi connectivity index (χ4n) is 3.27. The maximum absolute atomic E-state index is 12.1. The zero-order chi connectivity index (χ0) is 19.6. The average molecular weight is 367 g/mol. The lowest BCUT2D eigenvalue weighted by Crippen LogP contribution is -2.26. The molecule has 1 amide bonds. The summed E-state index contributed by atoms with van der Waals surface area (Å²) in [6.07, 6.45) is 2.14. The molecule has 2 aromatic heterocycles. The number of benzene rings is 1. The maximum Gasteiger partial charge on any atom is 0.221 e. The van der Waals surface area contributed by atoms with E-state index in [1.165, 1.54) is 16.7 Å². The molecule has 0 aliphatic rings. The molecule has 3 aromatic rings. The Bertz CT molecular complexity index is 967. The van der Waals surface area contributed by atoms with Gasteiger partial charge in [0.05, 0.1) is 16.7 Å². The molecule has 0 spiro atoms. The number of imidazole rings is 1. The van der Waals surface area contributed by atoms with E-state index >= 15 is 0 Å². The number of amides is 1. The first kappa shape index (κ1) is 19.1. The Labute approximate surface area is 160 Å². The van der Waals surface area contributed by atoms with Gasteiger partial charge in [-0.05, 0) is 63.8 Å². The lowest BCUT2D eigenvalue weighted by atomic mass is 10.1. The highest BCUT2D eigenvalue weighted by Crippen LogP contribution is 2.19. The number of aryl methyl sites for hydroxylation is 5. The molecule has 6 nitrogen and oxygen atoms in total. The SMILES string of the molecule is Cc1ccc2[nH]c(CCCNC(=O)CCn3nc(C)c(C)c3C)nc2c1C. The highest BCUT2D eigenvalue weighted by atomic mass is 16.1. The fraction of sp³-hybridized carbons (Fsp3) is 0.476. The lowest BCUT2D eigenvalue weighted by Gasteiger charge is -2.06. The quantitative estimate of drug-likeness (QED) is 0.628. The molecule has 27 heavy (non-hydrogen) atoms. The Hall–Kier alpha value is -2.63. The summed E-state index contributed by atoms with van der Waals surface area (Å²) >= 11 is 0. The molecule has 2 N–H and O–H groups in total. The molecular formula is C21H29N5O. The highest BCUT2D eigenvalue weighted by molar-refractivity contribution is 5.79. The molecule has 1 aromatic carbocycles. The Morgan fingerprint density at radius 3 is 2.63 bits per heavy atom. The van der Waals surface area contributed by atoms with Crippen molar-refractivity contribution in [1.29, 1.82) is 0 Å². The predicted octanol–water partition coefficient (Wildman–Crippen LogP) is 3.44. The molecule has 0 saturated heterocycles. The number of H-pyrrole nitrogens is 1. The fourth-order valence-corrected chi connectivity index (χ4v) is 3.27. The molecule has 3 rings (SSSR count). The summed E-state index contributed by atoms with van der Waals surface area (Å²) in [6.45, 7) is 11.6. The number of rotatable bonds is 7. The molecule has 144 valence electrons. The number of nitrogens with zero attached hydrogens (tertiary/aromatic N) is 3. The molecule has 0 aliphatic carbocycles. The number of carbonyl (C=O) groups excluding carboxylic acids is 1. The van der Waals surface area contributed by atoms with Crippen molar-refractivity contribution in [2.75, 3.05) is 6.54 Å². The van der Waals surface area contributed by atoms with Crippen molar-refractivity contribution in [3.05, 3.63) is 46.0 Å². The van der Waals surface area contributed by atoms with Crippen LogP contribution in [0.2, 0.25) is 0 Å². The van der Waals surface area contributed by atoms with Crippen LogP contribution in [0, 0.1) is 34.6 Å². The maximum atomic E-state index is 12.1. The third kappa shape index (κ3) is 4.21. The molecule has 2 heterocycles. The van der Waals surface area contributed by atoms with E-state index in [4.69, 9.17) is 4.98 Å². The van der Waals surface area contributed by atoms with Crippen molar-refractivity contribution in [1.82, 2.24) is 25.1 Å². The Kier molecular flexibility index (Phi) is 5.63. The van der Waals surface area contributed by atoms with Crippen LogP contribution in [0.5, 0.6) is 0 Å². The summed E-state index contributed by atoms with van der Waals surface area (Å²) < 4.78 is 1.92. The van der Waals surface area contributed by atoms with E-state index in [2.05, 4.69) is 48.3 Å². The molecule has 0 aliphatic heterocycles. The van der Waals surface area contributed by atoms with E-state index in [0.717, 1.165) is 41.1 Å². The second-order valence-electron chi connectivity index (χ2n) is 7.31. The van der Waals surface area contributed by atoms with Crippen molar-refractivity contribution in [2.24, 2.45) is 0 Å². The molecule has 0 unspecified atom stereocenters. The zero-order valence-electron chi connectivity index (χ0n) is 16.9. The molecule has 0 fully saturated rings. The molecular weight excluding hydrogens is 338 g/mol. The average Bonchev–Trinajstić information content (AvgIpc) is 3.17. The number of aromatic amines is 1. The van der Waals surface area contributed by atoms with Crippen molar-refractivity contribution in [3.63, 3.8) is 0 Å². The van der Waals surface area contributed by atoms with Gasteiger partial charge in [-0.1, -0.05) is 6.07 Å². The lowest BCUT2D eigenvalue weighted by molar-refractivity contribution is -0.121. The first-order valence-electron chi connectivity index (χ1n) is 9.59. The summed E-state index contributed by atoms with van der Waals surface area (Å²) in [5.74, 6) is 1.04. The van der Waals surface area contributed by atoms with Crippen LogP contribution in [-0.4, -0.2) is 32.2 Å². The summed E-state index contributed by atoms with van der Waals surface area (Å²) in [4.78, 5) is 20.2. The first-order chi connectivity index (χ1) is 12.9. The molecule has 6 heteroatoms. The summed E-state index contributed by atoms with van der Waals surface area (Å²) in [5.41, 5.74) is 7.98. The number of carbonyl (C=O) groups is 1. The van der Waals surface area contributed by atoms with Gasteiger partial charge in [0.25, 0.3) is 0 Å². The monoisotopic (exact) mass is 367 g/mol. The van der Waals surface area contributed by atoms with E-state index in [1.54, 1.807) is 0 Å². The van der Waals surface area contributed by atoms with E-state index < -0.39 is 0 Å². The van der Waals surface area contributed by atoms with Crippen molar-refractivity contribution < 1.29 is 4.79 Å². The largest absolute Gasteiger partial charge is 0.356 e. The number of nitrogens with one attached hydrogen (secondary N) is 2. The van der Waals surface area contributed by atoms with Crippen LogP contribution in [0.15, 0.2) is 12.1 Å². The van der Waals surface area contributed by atoms with Crippen LogP contribution in [-0.2, 0) is 17.8 Å². The van der Waals surface area contributed by atoms with Crippen LogP contribution in [0.25, 0.3) is 11.0 Å². The Morgan fingerprint density at radius 2 is 1.93 bits per heavy atom. The zero-order valence-corrected chi connectivity index (χ0v) is 16.9. The van der Waals surface area contributed by atoms with E-state index in [1.807, 2.05) is 18.5 Å². The number of hydrogen-bond acceptors (Lipinski definition) is 3. The molecule has 0 bridgehead atoms. The smallest absolute Gasteiger partial charge is 0.221 e.